The van der Waals surface area contributed by atoms with Crippen LogP contribution in [0.2, 0.25) is 0 Å². The zero-order chi connectivity index (χ0) is 13.5. The SMILES string of the molecule is CCCCNC(=O)C(C)Oc1cc(Br)ccc1C. The number of halogens is 1. The molecule has 1 aromatic carbocycles. The first-order valence-electron chi connectivity index (χ1n) is 6.25. The summed E-state index contributed by atoms with van der Waals surface area (Å²) >= 11 is 3.39. The molecule has 0 heterocycles. The van der Waals surface area contributed by atoms with Crippen molar-refractivity contribution in [1.29, 1.82) is 0 Å². The van der Waals surface area contributed by atoms with Crippen LogP contribution in [0, 0.1) is 6.92 Å². The molecular formula is C14H20BrNO2. The van der Waals surface area contributed by atoms with Crippen molar-refractivity contribution < 1.29 is 9.53 Å². The van der Waals surface area contributed by atoms with E-state index in [0.29, 0.717) is 6.54 Å². The Morgan fingerprint density at radius 3 is 2.89 bits per heavy atom. The lowest BCUT2D eigenvalue weighted by atomic mass is 10.2. The third-order valence-corrected chi connectivity index (χ3v) is 3.15. The molecule has 18 heavy (non-hydrogen) atoms. The number of carbonyl (C=O) groups excluding carboxylic acids is 1. The fraction of sp³-hybridized carbons (Fsp3) is 0.500. The summed E-state index contributed by atoms with van der Waals surface area (Å²) in [5.74, 6) is 0.672. The number of hydrogen-bond donors (Lipinski definition) is 1. The second-order valence-electron chi connectivity index (χ2n) is 4.31. The van der Waals surface area contributed by atoms with Gasteiger partial charge in [0.05, 0.1) is 0 Å². The van der Waals surface area contributed by atoms with Crippen molar-refractivity contribution in [3.05, 3.63) is 28.2 Å². The zero-order valence-corrected chi connectivity index (χ0v) is 12.7. The highest BCUT2D eigenvalue weighted by Crippen LogP contribution is 2.23. The Morgan fingerprint density at radius 1 is 1.50 bits per heavy atom. The Labute approximate surface area is 117 Å². The van der Waals surface area contributed by atoms with Crippen molar-refractivity contribution in [3.8, 4) is 5.75 Å². The number of carbonyl (C=O) groups is 1. The predicted molar refractivity (Wildman–Crippen MR) is 76.9 cm³/mol. The van der Waals surface area contributed by atoms with Gasteiger partial charge < -0.3 is 10.1 Å². The van der Waals surface area contributed by atoms with E-state index < -0.39 is 6.10 Å². The monoisotopic (exact) mass is 313 g/mol. The van der Waals surface area contributed by atoms with E-state index in [1.54, 1.807) is 6.92 Å². The first kappa shape index (κ1) is 15.0. The lowest BCUT2D eigenvalue weighted by molar-refractivity contribution is -0.127. The van der Waals surface area contributed by atoms with Crippen LogP contribution < -0.4 is 10.1 Å². The van der Waals surface area contributed by atoms with E-state index in [-0.39, 0.29) is 5.91 Å². The Bertz CT molecular complexity index is 407. The molecular weight excluding hydrogens is 294 g/mol. The summed E-state index contributed by atoms with van der Waals surface area (Å²) < 4.78 is 6.62. The van der Waals surface area contributed by atoms with E-state index in [9.17, 15) is 4.79 Å². The molecule has 0 aliphatic rings. The minimum atomic E-state index is -0.477. The first-order chi connectivity index (χ1) is 8.54. The van der Waals surface area contributed by atoms with Crippen molar-refractivity contribution in [2.75, 3.05) is 6.54 Å². The molecule has 1 amide bonds. The van der Waals surface area contributed by atoms with Gasteiger partial charge in [0, 0.05) is 11.0 Å². The number of amides is 1. The Hall–Kier alpha value is -1.03. The second kappa shape index (κ2) is 7.41. The number of benzene rings is 1. The van der Waals surface area contributed by atoms with E-state index in [0.717, 1.165) is 28.6 Å². The van der Waals surface area contributed by atoms with E-state index in [4.69, 9.17) is 4.74 Å². The van der Waals surface area contributed by atoms with Gasteiger partial charge in [-0.1, -0.05) is 35.3 Å². The molecule has 0 saturated carbocycles. The molecule has 0 bridgehead atoms. The fourth-order valence-electron chi connectivity index (χ4n) is 1.48. The summed E-state index contributed by atoms with van der Waals surface area (Å²) in [6, 6.07) is 5.79. The third-order valence-electron chi connectivity index (χ3n) is 2.65. The zero-order valence-electron chi connectivity index (χ0n) is 11.1. The highest BCUT2D eigenvalue weighted by Gasteiger charge is 2.14. The summed E-state index contributed by atoms with van der Waals surface area (Å²) in [6.45, 7) is 6.53. The number of ether oxygens (including phenoxy) is 1. The number of unbranched alkanes of at least 4 members (excludes halogenated alkanes) is 1. The topological polar surface area (TPSA) is 38.3 Å². The van der Waals surface area contributed by atoms with Crippen molar-refractivity contribution in [1.82, 2.24) is 5.32 Å². The molecule has 0 fully saturated rings. The lowest BCUT2D eigenvalue weighted by Gasteiger charge is -2.16. The molecule has 0 aromatic heterocycles. The van der Waals surface area contributed by atoms with Crippen LogP contribution in [0.4, 0.5) is 0 Å². The van der Waals surface area contributed by atoms with Gasteiger partial charge in [-0.05, 0) is 38.0 Å². The second-order valence-corrected chi connectivity index (χ2v) is 5.23. The maximum Gasteiger partial charge on any atom is 0.260 e. The Kier molecular flexibility index (Phi) is 6.19. The minimum absolute atomic E-state index is 0.0668. The van der Waals surface area contributed by atoms with E-state index in [2.05, 4.69) is 28.2 Å². The Morgan fingerprint density at radius 2 is 2.22 bits per heavy atom. The van der Waals surface area contributed by atoms with E-state index in [1.165, 1.54) is 0 Å². The van der Waals surface area contributed by atoms with Crippen LogP contribution in [0.25, 0.3) is 0 Å². The van der Waals surface area contributed by atoms with Gasteiger partial charge in [0.2, 0.25) is 0 Å². The van der Waals surface area contributed by atoms with Gasteiger partial charge in [-0.2, -0.15) is 0 Å². The number of hydrogen-bond acceptors (Lipinski definition) is 2. The van der Waals surface area contributed by atoms with Gasteiger partial charge in [-0.15, -0.1) is 0 Å². The Balaban J connectivity index is 2.55. The summed E-state index contributed by atoms with van der Waals surface area (Å²) in [5.41, 5.74) is 1.02. The maximum absolute atomic E-state index is 11.8. The summed E-state index contributed by atoms with van der Waals surface area (Å²) in [4.78, 5) is 11.8. The fourth-order valence-corrected chi connectivity index (χ4v) is 1.82. The molecule has 1 unspecified atom stereocenters. The molecule has 3 nitrogen and oxygen atoms in total. The molecule has 0 saturated heterocycles. The number of aryl methyl sites for hydroxylation is 1. The lowest BCUT2D eigenvalue weighted by Crippen LogP contribution is -2.36. The minimum Gasteiger partial charge on any atom is -0.481 e. The van der Waals surface area contributed by atoms with Crippen LogP contribution in [-0.4, -0.2) is 18.6 Å². The third kappa shape index (κ3) is 4.69. The summed E-state index contributed by atoms with van der Waals surface area (Å²) in [7, 11) is 0. The van der Waals surface area contributed by atoms with Gasteiger partial charge in [-0.25, -0.2) is 0 Å². The van der Waals surface area contributed by atoms with Crippen LogP contribution >= 0.6 is 15.9 Å². The molecule has 0 spiro atoms. The van der Waals surface area contributed by atoms with Crippen LogP contribution in [0.15, 0.2) is 22.7 Å². The highest BCUT2D eigenvalue weighted by atomic mass is 79.9. The van der Waals surface area contributed by atoms with Gasteiger partial charge in [-0.3, -0.25) is 4.79 Å². The van der Waals surface area contributed by atoms with Crippen LogP contribution in [0.1, 0.15) is 32.3 Å². The summed E-state index contributed by atoms with van der Waals surface area (Å²) in [6.07, 6.45) is 1.59. The van der Waals surface area contributed by atoms with Gasteiger partial charge >= 0.3 is 0 Å². The van der Waals surface area contributed by atoms with Crippen molar-refractivity contribution in [2.24, 2.45) is 0 Å². The molecule has 0 aliphatic carbocycles. The van der Waals surface area contributed by atoms with Crippen LogP contribution in [0.3, 0.4) is 0 Å². The molecule has 100 valence electrons. The maximum atomic E-state index is 11.8. The molecule has 1 N–H and O–H groups in total. The quantitative estimate of drug-likeness (QED) is 0.817. The van der Waals surface area contributed by atoms with Gasteiger partial charge in [0.15, 0.2) is 6.10 Å². The van der Waals surface area contributed by atoms with E-state index in [1.807, 2.05) is 25.1 Å². The van der Waals surface area contributed by atoms with E-state index >= 15 is 0 Å². The normalized spacial score (nSPS) is 12.0. The standard InChI is InChI=1S/C14H20BrNO2/c1-4-5-8-16-14(17)11(3)18-13-9-12(15)7-6-10(13)2/h6-7,9,11H,4-5,8H2,1-3H3,(H,16,17). The number of nitrogens with one attached hydrogen (secondary N) is 1. The first-order valence-corrected chi connectivity index (χ1v) is 7.04. The molecule has 1 aromatic rings. The predicted octanol–water partition coefficient (Wildman–Crippen LogP) is 3.44. The molecule has 4 heteroatoms. The molecule has 1 atom stereocenters. The molecule has 1 rings (SSSR count). The number of rotatable bonds is 6. The molecule has 0 radical (unpaired) electrons. The average Bonchev–Trinajstić information content (AvgIpc) is 2.34. The molecule has 0 aliphatic heterocycles. The summed E-state index contributed by atoms with van der Waals surface area (Å²) in [5, 5.41) is 2.86. The van der Waals surface area contributed by atoms with Gasteiger partial charge in [0.1, 0.15) is 5.75 Å². The average molecular weight is 314 g/mol. The smallest absolute Gasteiger partial charge is 0.260 e. The highest BCUT2D eigenvalue weighted by molar-refractivity contribution is 9.10. The van der Waals surface area contributed by atoms with Crippen LogP contribution in [0.5, 0.6) is 5.75 Å². The van der Waals surface area contributed by atoms with Crippen molar-refractivity contribution >= 4 is 21.8 Å². The van der Waals surface area contributed by atoms with Gasteiger partial charge in [0.25, 0.3) is 5.91 Å². The van der Waals surface area contributed by atoms with Crippen LogP contribution in [-0.2, 0) is 4.79 Å². The van der Waals surface area contributed by atoms with Crippen molar-refractivity contribution in [3.63, 3.8) is 0 Å². The van der Waals surface area contributed by atoms with Crippen molar-refractivity contribution in [2.45, 2.75) is 39.7 Å². The largest absolute Gasteiger partial charge is 0.481 e.